The topological polar surface area (TPSA) is 64.4 Å². The van der Waals surface area contributed by atoms with E-state index < -0.39 is 0 Å². The largest absolute Gasteiger partial charge is 0.482 e. The molecule has 1 amide bonds. The van der Waals surface area contributed by atoms with Crippen LogP contribution in [0.15, 0.2) is 59.1 Å². The van der Waals surface area contributed by atoms with Crippen LogP contribution >= 0.6 is 11.6 Å². The van der Waals surface area contributed by atoms with Crippen molar-refractivity contribution >= 4 is 23.4 Å². The van der Waals surface area contributed by atoms with Gasteiger partial charge < -0.3 is 9.26 Å². The first-order valence-corrected chi connectivity index (χ1v) is 7.70. The maximum atomic E-state index is 11.9. The molecule has 2 aromatic carbocycles. The summed E-state index contributed by atoms with van der Waals surface area (Å²) in [5.41, 5.74) is 2.72. The predicted molar refractivity (Wildman–Crippen MR) is 92.3 cm³/mol. The Kier molecular flexibility index (Phi) is 4.82. The third-order valence-corrected chi connectivity index (χ3v) is 3.63. The second kappa shape index (κ2) is 7.19. The average Bonchev–Trinajstić information content (AvgIpc) is 3.03. The number of nitrogens with one attached hydrogen (secondary N) is 1. The molecular formula is C18H15ClN2O3. The highest BCUT2D eigenvalue weighted by Crippen LogP contribution is 2.24. The molecule has 1 heterocycles. The molecule has 3 aromatic rings. The lowest BCUT2D eigenvalue weighted by Gasteiger charge is -2.06. The van der Waals surface area contributed by atoms with Crippen LogP contribution in [0.5, 0.6) is 5.75 Å². The van der Waals surface area contributed by atoms with Gasteiger partial charge in [0, 0.05) is 11.6 Å². The highest BCUT2D eigenvalue weighted by molar-refractivity contribution is 6.32. The van der Waals surface area contributed by atoms with Crippen LogP contribution in [0.2, 0.25) is 5.02 Å². The summed E-state index contributed by atoms with van der Waals surface area (Å²) in [7, 11) is 0. The third-order valence-electron chi connectivity index (χ3n) is 3.32. The lowest BCUT2D eigenvalue weighted by Crippen LogP contribution is -2.19. The molecule has 0 aliphatic carbocycles. The van der Waals surface area contributed by atoms with Crippen molar-refractivity contribution < 1.29 is 14.1 Å². The maximum Gasteiger partial charge on any atom is 0.264 e. The van der Waals surface area contributed by atoms with Crippen LogP contribution in [0.25, 0.3) is 11.3 Å². The number of nitrogens with zero attached hydrogens (tertiary/aromatic N) is 1. The molecule has 24 heavy (non-hydrogen) atoms. The Morgan fingerprint density at radius 1 is 1.21 bits per heavy atom. The Morgan fingerprint density at radius 2 is 1.96 bits per heavy atom. The molecule has 0 saturated carbocycles. The second-order valence-electron chi connectivity index (χ2n) is 5.21. The first-order chi connectivity index (χ1) is 11.6. The van der Waals surface area contributed by atoms with E-state index in [4.69, 9.17) is 20.9 Å². The second-order valence-corrected chi connectivity index (χ2v) is 5.62. The number of anilines is 1. The minimum absolute atomic E-state index is 0.176. The van der Waals surface area contributed by atoms with Crippen LogP contribution in [-0.4, -0.2) is 17.7 Å². The molecule has 0 unspecified atom stereocenters. The van der Waals surface area contributed by atoms with Gasteiger partial charge in [0.25, 0.3) is 5.91 Å². The summed E-state index contributed by atoms with van der Waals surface area (Å²) in [6, 6.07) is 16.5. The molecule has 0 atom stereocenters. The quantitative estimate of drug-likeness (QED) is 0.750. The van der Waals surface area contributed by atoms with Crippen molar-refractivity contribution in [3.63, 3.8) is 0 Å². The Bertz CT molecular complexity index is 843. The minimum Gasteiger partial charge on any atom is -0.482 e. The number of carbonyl (C=O) groups is 1. The summed E-state index contributed by atoms with van der Waals surface area (Å²) in [6.07, 6.45) is 0. The summed E-state index contributed by atoms with van der Waals surface area (Å²) < 4.78 is 10.5. The highest BCUT2D eigenvalue weighted by Gasteiger charge is 2.11. The number of hydrogen-bond acceptors (Lipinski definition) is 4. The molecule has 5 nitrogen and oxygen atoms in total. The Balaban J connectivity index is 1.59. The Labute approximate surface area is 144 Å². The van der Waals surface area contributed by atoms with E-state index in [1.807, 2.05) is 31.2 Å². The van der Waals surface area contributed by atoms with Crippen LogP contribution in [0, 0.1) is 6.92 Å². The average molecular weight is 343 g/mol. The lowest BCUT2D eigenvalue weighted by atomic mass is 10.1. The number of aryl methyl sites for hydroxylation is 1. The van der Waals surface area contributed by atoms with Crippen LogP contribution in [0.1, 0.15) is 5.56 Å². The van der Waals surface area contributed by atoms with E-state index in [-0.39, 0.29) is 18.4 Å². The first kappa shape index (κ1) is 16.1. The zero-order valence-electron chi connectivity index (χ0n) is 13.0. The van der Waals surface area contributed by atoms with Crippen molar-refractivity contribution in [3.05, 3.63) is 65.2 Å². The fourth-order valence-corrected chi connectivity index (χ4v) is 2.26. The van der Waals surface area contributed by atoms with Crippen molar-refractivity contribution in [2.45, 2.75) is 6.92 Å². The van der Waals surface area contributed by atoms with E-state index in [9.17, 15) is 4.79 Å². The molecule has 1 N–H and O–H groups in total. The number of aromatic nitrogens is 1. The number of halogens is 1. The van der Waals surface area contributed by atoms with Gasteiger partial charge in [0.15, 0.2) is 6.61 Å². The molecular weight excluding hydrogens is 328 g/mol. The standard InChI is InChI=1S/C18H15ClN2O3/c1-12-6-8-13(9-7-12)15-10-18(24-21-15)20-17(22)11-23-16-5-3-2-4-14(16)19/h2-10H,11H2,1H3,(H,20,22). The number of hydrogen-bond donors (Lipinski definition) is 1. The number of ether oxygens (including phenoxy) is 1. The number of amides is 1. The molecule has 0 spiro atoms. The smallest absolute Gasteiger partial charge is 0.264 e. The van der Waals surface area contributed by atoms with Gasteiger partial charge >= 0.3 is 0 Å². The number of carbonyl (C=O) groups excluding carboxylic acids is 1. The normalized spacial score (nSPS) is 10.4. The van der Waals surface area contributed by atoms with E-state index in [0.29, 0.717) is 16.5 Å². The van der Waals surface area contributed by atoms with Gasteiger partial charge in [-0.3, -0.25) is 10.1 Å². The van der Waals surface area contributed by atoms with Gasteiger partial charge in [-0.25, -0.2) is 0 Å². The summed E-state index contributed by atoms with van der Waals surface area (Å²) in [4.78, 5) is 11.9. The molecule has 0 aliphatic rings. The summed E-state index contributed by atoms with van der Waals surface area (Å²) in [5, 5.41) is 7.00. The molecule has 0 saturated heterocycles. The van der Waals surface area contributed by atoms with Crippen molar-refractivity contribution in [1.29, 1.82) is 0 Å². The maximum absolute atomic E-state index is 11.9. The van der Waals surface area contributed by atoms with E-state index >= 15 is 0 Å². The van der Waals surface area contributed by atoms with Crippen molar-refractivity contribution in [3.8, 4) is 17.0 Å². The zero-order chi connectivity index (χ0) is 16.9. The fourth-order valence-electron chi connectivity index (χ4n) is 2.07. The van der Waals surface area contributed by atoms with Gasteiger partial charge in [0.05, 0.1) is 5.02 Å². The number of rotatable bonds is 5. The number of para-hydroxylation sites is 1. The summed E-state index contributed by atoms with van der Waals surface area (Å²) >= 11 is 5.96. The van der Waals surface area contributed by atoms with E-state index in [1.54, 1.807) is 30.3 Å². The molecule has 0 radical (unpaired) electrons. The molecule has 0 bridgehead atoms. The fraction of sp³-hybridized carbons (Fsp3) is 0.111. The molecule has 0 aliphatic heterocycles. The van der Waals surface area contributed by atoms with Crippen molar-refractivity contribution in [1.82, 2.24) is 5.16 Å². The van der Waals surface area contributed by atoms with E-state index in [0.717, 1.165) is 11.1 Å². The van der Waals surface area contributed by atoms with E-state index in [1.165, 1.54) is 0 Å². The zero-order valence-corrected chi connectivity index (χ0v) is 13.7. The first-order valence-electron chi connectivity index (χ1n) is 7.33. The van der Waals surface area contributed by atoms with Gasteiger partial charge in [-0.15, -0.1) is 0 Å². The monoisotopic (exact) mass is 342 g/mol. The predicted octanol–water partition coefficient (Wildman–Crippen LogP) is 4.32. The van der Waals surface area contributed by atoms with Crippen molar-refractivity contribution in [2.24, 2.45) is 0 Å². The van der Waals surface area contributed by atoms with Gasteiger partial charge in [0.2, 0.25) is 5.88 Å². The summed E-state index contributed by atoms with van der Waals surface area (Å²) in [5.74, 6) is 0.354. The van der Waals surface area contributed by atoms with E-state index in [2.05, 4.69) is 10.5 Å². The minimum atomic E-state index is -0.360. The lowest BCUT2D eigenvalue weighted by molar-refractivity contribution is -0.118. The van der Waals surface area contributed by atoms with Gasteiger partial charge in [-0.1, -0.05) is 58.7 Å². The Hall–Kier alpha value is -2.79. The Morgan fingerprint density at radius 3 is 2.71 bits per heavy atom. The van der Waals surface area contributed by atoms with Crippen LogP contribution in [0.3, 0.4) is 0 Å². The third kappa shape index (κ3) is 3.94. The molecule has 3 rings (SSSR count). The molecule has 6 heteroatoms. The van der Waals surface area contributed by atoms with Gasteiger partial charge in [0.1, 0.15) is 11.4 Å². The van der Waals surface area contributed by atoms with Crippen molar-refractivity contribution in [2.75, 3.05) is 11.9 Å². The van der Waals surface area contributed by atoms with Gasteiger partial charge in [-0.05, 0) is 19.1 Å². The van der Waals surface area contributed by atoms with Crippen LogP contribution < -0.4 is 10.1 Å². The van der Waals surface area contributed by atoms with Crippen LogP contribution in [0.4, 0.5) is 5.88 Å². The number of benzene rings is 2. The molecule has 1 aromatic heterocycles. The van der Waals surface area contributed by atoms with Crippen LogP contribution in [-0.2, 0) is 4.79 Å². The van der Waals surface area contributed by atoms with Gasteiger partial charge in [-0.2, -0.15) is 0 Å². The molecule has 122 valence electrons. The summed E-state index contributed by atoms with van der Waals surface area (Å²) in [6.45, 7) is 1.83. The highest BCUT2D eigenvalue weighted by atomic mass is 35.5. The molecule has 0 fully saturated rings. The SMILES string of the molecule is Cc1ccc(-c2cc(NC(=O)COc3ccccc3Cl)on2)cc1.